The quantitative estimate of drug-likeness (QED) is 0.141. The summed E-state index contributed by atoms with van der Waals surface area (Å²) in [7, 11) is 0. The lowest BCUT2D eigenvalue weighted by atomic mass is 9.31. The van der Waals surface area contributed by atoms with Crippen LogP contribution in [-0.2, 0) is 9.53 Å². The Hall–Kier alpha value is -0.830. The zero-order valence-corrected chi connectivity index (χ0v) is 30.9. The second kappa shape index (κ2) is 13.2. The molecule has 5 fully saturated rings. The Balaban J connectivity index is 1.24. The standard InChI is InChI=1S/C42H72O3/c1-10-11-12-13-14-15-16-17-18-19-36(44)45-35-24-26-39(6)32(38(35,4)5)23-27-41(8)33(39)21-20-31-37-30(3)29(2)22-25-40(37,7)34(43)28-42(31,41)9/h30-35,37,43H,2,10-28H2,1,3-9H3/t30-,31-,32+,33-,34+,35+,37-,39+,40-,41-,42-/m1/s1. The number of hydrogen-bond acceptors (Lipinski definition) is 3. The third kappa shape index (κ3) is 5.92. The number of esters is 1. The van der Waals surface area contributed by atoms with Crippen LogP contribution in [-0.4, -0.2) is 23.3 Å². The Bertz CT molecular complexity index is 1060. The average Bonchev–Trinajstić information content (AvgIpc) is 2.97. The van der Waals surface area contributed by atoms with Gasteiger partial charge in [-0.3, -0.25) is 4.79 Å². The summed E-state index contributed by atoms with van der Waals surface area (Å²) in [5.41, 5.74) is 2.04. The van der Waals surface area contributed by atoms with Crippen LogP contribution in [0.1, 0.15) is 177 Å². The van der Waals surface area contributed by atoms with E-state index in [2.05, 4.69) is 62.0 Å². The number of ether oxygens (including phenoxy) is 1. The minimum atomic E-state index is -0.224. The number of carbonyl (C=O) groups excluding carboxylic acids is 1. The summed E-state index contributed by atoms with van der Waals surface area (Å²) in [6.45, 7) is 24.4. The third-order valence-electron chi connectivity index (χ3n) is 16.4. The molecule has 0 aliphatic heterocycles. The van der Waals surface area contributed by atoms with Crippen molar-refractivity contribution in [2.75, 3.05) is 0 Å². The molecule has 0 heterocycles. The molecular weight excluding hydrogens is 552 g/mol. The highest BCUT2D eigenvalue weighted by Gasteiger charge is 2.71. The largest absolute Gasteiger partial charge is 0.462 e. The fourth-order valence-corrected chi connectivity index (χ4v) is 13.4. The molecule has 3 nitrogen and oxygen atoms in total. The molecule has 0 unspecified atom stereocenters. The summed E-state index contributed by atoms with van der Waals surface area (Å²) in [6, 6.07) is 0. The monoisotopic (exact) mass is 625 g/mol. The molecule has 0 bridgehead atoms. The minimum Gasteiger partial charge on any atom is -0.462 e. The number of allylic oxidation sites excluding steroid dienone is 1. The van der Waals surface area contributed by atoms with Gasteiger partial charge in [0.15, 0.2) is 0 Å². The maximum Gasteiger partial charge on any atom is 0.306 e. The van der Waals surface area contributed by atoms with Gasteiger partial charge in [-0.2, -0.15) is 0 Å². The van der Waals surface area contributed by atoms with E-state index < -0.39 is 0 Å². The maximum absolute atomic E-state index is 13.1. The summed E-state index contributed by atoms with van der Waals surface area (Å²) in [5, 5.41) is 11.9. The molecule has 5 rings (SSSR count). The molecule has 1 N–H and O–H groups in total. The molecule has 0 aromatic rings. The Morgan fingerprint density at radius 2 is 1.44 bits per heavy atom. The topological polar surface area (TPSA) is 46.5 Å². The lowest BCUT2D eigenvalue weighted by molar-refractivity contribution is -0.270. The Labute approximate surface area is 278 Å². The molecule has 0 saturated heterocycles. The minimum absolute atomic E-state index is 0.0134. The smallest absolute Gasteiger partial charge is 0.306 e. The fourth-order valence-electron chi connectivity index (χ4n) is 13.4. The van der Waals surface area contributed by atoms with E-state index in [-0.39, 0.29) is 45.3 Å². The highest BCUT2D eigenvalue weighted by atomic mass is 16.5. The molecule has 5 saturated carbocycles. The van der Waals surface area contributed by atoms with Crippen molar-refractivity contribution in [1.82, 2.24) is 0 Å². The van der Waals surface area contributed by atoms with Gasteiger partial charge in [0.25, 0.3) is 0 Å². The number of fused-ring (bicyclic) bond motifs is 7. The molecule has 11 atom stereocenters. The van der Waals surface area contributed by atoms with Crippen molar-refractivity contribution >= 4 is 5.97 Å². The molecule has 3 heteroatoms. The highest BCUT2D eigenvalue weighted by molar-refractivity contribution is 5.69. The maximum atomic E-state index is 13.1. The number of aliphatic hydroxyl groups excluding tert-OH is 1. The second-order valence-electron chi connectivity index (χ2n) is 18.8. The Morgan fingerprint density at radius 3 is 2.11 bits per heavy atom. The van der Waals surface area contributed by atoms with Crippen LogP contribution >= 0.6 is 0 Å². The number of aliphatic hydroxyl groups is 1. The number of hydrogen-bond donors (Lipinski definition) is 1. The predicted molar refractivity (Wildman–Crippen MR) is 188 cm³/mol. The van der Waals surface area contributed by atoms with E-state index in [1.54, 1.807) is 0 Å². The van der Waals surface area contributed by atoms with E-state index in [0.717, 1.165) is 44.9 Å². The molecule has 0 radical (unpaired) electrons. The Kier molecular flexibility index (Phi) is 10.4. The summed E-state index contributed by atoms with van der Waals surface area (Å²) in [5.74, 6) is 2.94. The first-order valence-corrected chi connectivity index (χ1v) is 19.7. The summed E-state index contributed by atoms with van der Waals surface area (Å²) >= 11 is 0. The molecule has 0 aromatic heterocycles. The van der Waals surface area contributed by atoms with E-state index in [1.807, 2.05) is 0 Å². The molecular formula is C42H72O3. The number of rotatable bonds is 11. The van der Waals surface area contributed by atoms with Gasteiger partial charge in [0.05, 0.1) is 6.10 Å². The zero-order valence-electron chi connectivity index (χ0n) is 30.9. The van der Waals surface area contributed by atoms with Crippen LogP contribution in [0, 0.1) is 56.7 Å². The number of unbranched alkanes of at least 4 members (excludes halogenated alkanes) is 8. The third-order valence-corrected chi connectivity index (χ3v) is 16.4. The van der Waals surface area contributed by atoms with Crippen LogP contribution in [0.2, 0.25) is 0 Å². The predicted octanol–water partition coefficient (Wildman–Crippen LogP) is 11.5. The van der Waals surface area contributed by atoms with Crippen LogP contribution in [0.25, 0.3) is 0 Å². The van der Waals surface area contributed by atoms with Gasteiger partial charge in [-0.1, -0.05) is 119 Å². The SMILES string of the molecule is C=C1CC[C@@]2(C)[C@H]([C@@H]1C)[C@H]1CC[C@@H]3[C@@]4(C)CC[C@H](OC(=O)CCCCCCCCCCC)C(C)(C)[C@@H]4CC[C@@]3(C)[C@]1(C)C[C@@H]2O. The van der Waals surface area contributed by atoms with Crippen molar-refractivity contribution in [1.29, 1.82) is 0 Å². The Morgan fingerprint density at radius 1 is 0.800 bits per heavy atom. The van der Waals surface area contributed by atoms with Crippen LogP contribution in [0.4, 0.5) is 0 Å². The van der Waals surface area contributed by atoms with E-state index in [1.165, 1.54) is 76.2 Å². The average molecular weight is 625 g/mol. The first-order chi connectivity index (χ1) is 21.2. The van der Waals surface area contributed by atoms with Gasteiger partial charge in [-0.25, -0.2) is 0 Å². The van der Waals surface area contributed by atoms with Crippen LogP contribution in [0.3, 0.4) is 0 Å². The van der Waals surface area contributed by atoms with Gasteiger partial charge in [0.1, 0.15) is 6.10 Å². The number of carbonyl (C=O) groups is 1. The van der Waals surface area contributed by atoms with E-state index in [0.29, 0.717) is 36.0 Å². The van der Waals surface area contributed by atoms with Crippen LogP contribution in [0.15, 0.2) is 12.2 Å². The van der Waals surface area contributed by atoms with Crippen molar-refractivity contribution in [3.05, 3.63) is 12.2 Å². The first-order valence-electron chi connectivity index (χ1n) is 19.7. The van der Waals surface area contributed by atoms with Crippen molar-refractivity contribution in [2.24, 2.45) is 56.7 Å². The fraction of sp³-hybridized carbons (Fsp3) is 0.929. The molecule has 258 valence electrons. The van der Waals surface area contributed by atoms with Crippen molar-refractivity contribution in [3.8, 4) is 0 Å². The first kappa shape index (κ1) is 35.5. The summed E-state index contributed by atoms with van der Waals surface area (Å²) in [4.78, 5) is 13.1. The highest BCUT2D eigenvalue weighted by Crippen LogP contribution is 2.77. The molecule has 45 heavy (non-hydrogen) atoms. The second-order valence-corrected chi connectivity index (χ2v) is 18.8. The van der Waals surface area contributed by atoms with Crippen molar-refractivity contribution in [3.63, 3.8) is 0 Å². The van der Waals surface area contributed by atoms with Gasteiger partial charge in [-0.15, -0.1) is 0 Å². The zero-order chi connectivity index (χ0) is 32.8. The van der Waals surface area contributed by atoms with Gasteiger partial charge in [-0.05, 0) is 115 Å². The van der Waals surface area contributed by atoms with E-state index in [9.17, 15) is 9.90 Å². The molecule has 5 aliphatic rings. The van der Waals surface area contributed by atoms with E-state index in [4.69, 9.17) is 4.74 Å². The lowest BCUT2D eigenvalue weighted by Gasteiger charge is -2.74. The molecule has 5 aliphatic carbocycles. The van der Waals surface area contributed by atoms with Crippen LogP contribution < -0.4 is 0 Å². The van der Waals surface area contributed by atoms with Crippen LogP contribution in [0.5, 0.6) is 0 Å². The molecule has 0 spiro atoms. The van der Waals surface area contributed by atoms with Gasteiger partial charge >= 0.3 is 5.97 Å². The lowest BCUT2D eigenvalue weighted by Crippen LogP contribution is -2.69. The van der Waals surface area contributed by atoms with Crippen molar-refractivity contribution < 1.29 is 14.6 Å². The molecule has 0 amide bonds. The van der Waals surface area contributed by atoms with E-state index >= 15 is 0 Å². The van der Waals surface area contributed by atoms with Gasteiger partial charge in [0.2, 0.25) is 0 Å². The normalized spacial score (nSPS) is 45.5. The van der Waals surface area contributed by atoms with Gasteiger partial charge < -0.3 is 9.84 Å². The summed E-state index contributed by atoms with van der Waals surface area (Å²) in [6.07, 6.45) is 22.2. The molecule has 0 aromatic carbocycles. The van der Waals surface area contributed by atoms with Gasteiger partial charge in [0, 0.05) is 11.8 Å². The summed E-state index contributed by atoms with van der Waals surface area (Å²) < 4.78 is 6.37. The van der Waals surface area contributed by atoms with Crippen molar-refractivity contribution in [2.45, 2.75) is 190 Å².